The van der Waals surface area contributed by atoms with Gasteiger partial charge in [-0.3, -0.25) is 9.63 Å². The maximum atomic E-state index is 11.2. The number of amides is 1. The third-order valence-electron chi connectivity index (χ3n) is 1.43. The molecule has 0 N–H and O–H groups in total. The molecule has 0 radical (unpaired) electrons. The van der Waals surface area contributed by atoms with Gasteiger partial charge in [0.25, 0.3) is 0 Å². The van der Waals surface area contributed by atoms with Gasteiger partial charge in [0.2, 0.25) is 5.91 Å². The van der Waals surface area contributed by atoms with Crippen LogP contribution in [0.1, 0.15) is 26.7 Å². The molecule has 0 aromatic heterocycles. The summed E-state index contributed by atoms with van der Waals surface area (Å²) in [5.74, 6) is 0.0231. The van der Waals surface area contributed by atoms with Crippen LogP contribution in [0.15, 0.2) is 12.2 Å². The number of hydrogen-bond donors (Lipinski definition) is 0. The maximum absolute atomic E-state index is 11.2. The highest BCUT2D eigenvalue weighted by Crippen LogP contribution is 1.97. The average molecular weight is 171 g/mol. The third-order valence-corrected chi connectivity index (χ3v) is 1.43. The molecule has 0 spiro atoms. The van der Waals surface area contributed by atoms with E-state index in [2.05, 4.69) is 0 Å². The predicted molar refractivity (Wildman–Crippen MR) is 48.4 cm³/mol. The Kier molecular flexibility index (Phi) is 6.38. The first kappa shape index (κ1) is 11.2. The van der Waals surface area contributed by atoms with Crippen molar-refractivity contribution in [3.05, 3.63) is 12.2 Å². The molecular formula is C9H17NO2. The van der Waals surface area contributed by atoms with Crippen LogP contribution in [0.3, 0.4) is 0 Å². The molecule has 0 bridgehead atoms. The van der Waals surface area contributed by atoms with Crippen LogP contribution in [0.4, 0.5) is 0 Å². The van der Waals surface area contributed by atoms with Gasteiger partial charge in [0.05, 0.1) is 6.61 Å². The van der Waals surface area contributed by atoms with Crippen molar-refractivity contribution < 1.29 is 9.63 Å². The first-order valence-corrected chi connectivity index (χ1v) is 4.23. The van der Waals surface area contributed by atoms with Gasteiger partial charge in [0, 0.05) is 13.5 Å². The zero-order valence-corrected chi connectivity index (χ0v) is 8.04. The lowest BCUT2D eigenvalue weighted by Gasteiger charge is -2.14. The molecule has 3 nitrogen and oxygen atoms in total. The molecular weight excluding hydrogens is 154 g/mol. The number of allylic oxidation sites excluding steroid dienone is 2. The van der Waals surface area contributed by atoms with Gasteiger partial charge in [-0.25, -0.2) is 5.06 Å². The lowest BCUT2D eigenvalue weighted by Crippen LogP contribution is -2.26. The van der Waals surface area contributed by atoms with Crippen molar-refractivity contribution in [2.75, 3.05) is 13.7 Å². The first-order chi connectivity index (χ1) is 5.72. The SMILES string of the molecule is C/C=C/CCC(=O)N(C)OCC. The zero-order valence-electron chi connectivity index (χ0n) is 8.04. The summed E-state index contributed by atoms with van der Waals surface area (Å²) in [6.45, 7) is 4.33. The molecule has 70 valence electrons. The Morgan fingerprint density at radius 1 is 1.58 bits per heavy atom. The van der Waals surface area contributed by atoms with Crippen molar-refractivity contribution in [3.8, 4) is 0 Å². The first-order valence-electron chi connectivity index (χ1n) is 4.23. The van der Waals surface area contributed by atoms with Crippen LogP contribution in [-0.4, -0.2) is 24.6 Å². The highest BCUT2D eigenvalue weighted by molar-refractivity contribution is 5.74. The Bertz CT molecular complexity index is 155. The minimum absolute atomic E-state index is 0.0231. The average Bonchev–Trinajstić information content (AvgIpc) is 2.05. The van der Waals surface area contributed by atoms with E-state index in [1.807, 2.05) is 26.0 Å². The molecule has 0 aromatic carbocycles. The molecule has 0 aliphatic heterocycles. The zero-order chi connectivity index (χ0) is 9.40. The Morgan fingerprint density at radius 3 is 2.75 bits per heavy atom. The van der Waals surface area contributed by atoms with E-state index in [4.69, 9.17) is 4.84 Å². The van der Waals surface area contributed by atoms with Crippen LogP contribution in [0.2, 0.25) is 0 Å². The van der Waals surface area contributed by atoms with E-state index in [0.717, 1.165) is 6.42 Å². The number of hydrogen-bond acceptors (Lipinski definition) is 2. The highest BCUT2D eigenvalue weighted by atomic mass is 16.7. The Balaban J connectivity index is 3.56. The van der Waals surface area contributed by atoms with Gasteiger partial charge in [-0.2, -0.15) is 0 Å². The largest absolute Gasteiger partial charge is 0.273 e. The summed E-state index contributed by atoms with van der Waals surface area (Å²) in [7, 11) is 1.64. The highest BCUT2D eigenvalue weighted by Gasteiger charge is 2.05. The monoisotopic (exact) mass is 171 g/mol. The van der Waals surface area contributed by atoms with Crippen LogP contribution in [0.5, 0.6) is 0 Å². The summed E-state index contributed by atoms with van der Waals surface area (Å²) in [4.78, 5) is 16.2. The lowest BCUT2D eigenvalue weighted by molar-refractivity contribution is -0.176. The van der Waals surface area contributed by atoms with Gasteiger partial charge in [-0.15, -0.1) is 0 Å². The normalized spacial score (nSPS) is 10.6. The van der Waals surface area contributed by atoms with Crippen molar-refractivity contribution in [2.45, 2.75) is 26.7 Å². The van der Waals surface area contributed by atoms with Gasteiger partial charge in [0.15, 0.2) is 0 Å². The second-order valence-corrected chi connectivity index (χ2v) is 2.42. The number of carbonyl (C=O) groups excluding carboxylic acids is 1. The minimum atomic E-state index is 0.0231. The molecule has 1 amide bonds. The number of rotatable bonds is 5. The predicted octanol–water partition coefficient (Wildman–Crippen LogP) is 1.75. The van der Waals surface area contributed by atoms with Gasteiger partial charge < -0.3 is 0 Å². The quantitative estimate of drug-likeness (QED) is 0.466. The van der Waals surface area contributed by atoms with Crippen LogP contribution in [0, 0.1) is 0 Å². The van der Waals surface area contributed by atoms with Crippen molar-refractivity contribution in [3.63, 3.8) is 0 Å². The second kappa shape index (κ2) is 6.85. The van der Waals surface area contributed by atoms with E-state index >= 15 is 0 Å². The van der Waals surface area contributed by atoms with Crippen molar-refractivity contribution in [1.82, 2.24) is 5.06 Å². The standard InChI is InChI=1S/C9H17NO2/c1-4-6-7-8-9(11)10(3)12-5-2/h4,6H,5,7-8H2,1-3H3/b6-4+. The Labute approximate surface area is 74.0 Å². The van der Waals surface area contributed by atoms with Crippen LogP contribution in [0.25, 0.3) is 0 Å². The molecule has 0 aliphatic rings. The molecule has 0 rings (SSSR count). The Hall–Kier alpha value is -0.830. The molecule has 0 atom stereocenters. The Morgan fingerprint density at radius 2 is 2.25 bits per heavy atom. The molecule has 3 heteroatoms. The van der Waals surface area contributed by atoms with Crippen LogP contribution in [-0.2, 0) is 9.63 Å². The minimum Gasteiger partial charge on any atom is -0.273 e. The van der Waals surface area contributed by atoms with Gasteiger partial charge in [-0.1, -0.05) is 12.2 Å². The topological polar surface area (TPSA) is 29.5 Å². The van der Waals surface area contributed by atoms with Crippen molar-refractivity contribution in [2.24, 2.45) is 0 Å². The summed E-state index contributed by atoms with van der Waals surface area (Å²) in [6, 6.07) is 0. The molecule has 0 aliphatic carbocycles. The van der Waals surface area contributed by atoms with E-state index in [1.54, 1.807) is 7.05 Å². The smallest absolute Gasteiger partial charge is 0.246 e. The van der Waals surface area contributed by atoms with Gasteiger partial charge >= 0.3 is 0 Å². The number of hydroxylamine groups is 2. The van der Waals surface area contributed by atoms with E-state index in [9.17, 15) is 4.79 Å². The van der Waals surface area contributed by atoms with Gasteiger partial charge in [0.1, 0.15) is 0 Å². The molecule has 0 fully saturated rings. The molecule has 0 aromatic rings. The fraction of sp³-hybridized carbons (Fsp3) is 0.667. The van der Waals surface area contributed by atoms with E-state index in [1.165, 1.54) is 5.06 Å². The van der Waals surface area contributed by atoms with E-state index in [0.29, 0.717) is 13.0 Å². The molecule has 0 saturated heterocycles. The molecule has 0 heterocycles. The second-order valence-electron chi connectivity index (χ2n) is 2.42. The van der Waals surface area contributed by atoms with Crippen molar-refractivity contribution in [1.29, 1.82) is 0 Å². The fourth-order valence-corrected chi connectivity index (χ4v) is 0.797. The summed E-state index contributed by atoms with van der Waals surface area (Å²) >= 11 is 0. The summed E-state index contributed by atoms with van der Waals surface area (Å²) in [5, 5.41) is 1.30. The molecule has 0 unspecified atom stereocenters. The molecule has 0 saturated carbocycles. The molecule has 12 heavy (non-hydrogen) atoms. The number of carbonyl (C=O) groups is 1. The van der Waals surface area contributed by atoms with E-state index in [-0.39, 0.29) is 5.91 Å². The van der Waals surface area contributed by atoms with Crippen molar-refractivity contribution >= 4 is 5.91 Å². The van der Waals surface area contributed by atoms with Crippen LogP contribution >= 0.6 is 0 Å². The maximum Gasteiger partial charge on any atom is 0.246 e. The van der Waals surface area contributed by atoms with E-state index < -0.39 is 0 Å². The van der Waals surface area contributed by atoms with Gasteiger partial charge in [-0.05, 0) is 20.3 Å². The summed E-state index contributed by atoms with van der Waals surface area (Å²) in [5.41, 5.74) is 0. The lowest BCUT2D eigenvalue weighted by atomic mass is 10.3. The summed E-state index contributed by atoms with van der Waals surface area (Å²) in [6.07, 6.45) is 5.21. The third kappa shape index (κ3) is 4.91. The summed E-state index contributed by atoms with van der Waals surface area (Å²) < 4.78 is 0. The van der Waals surface area contributed by atoms with Crippen LogP contribution < -0.4 is 0 Å². The number of nitrogens with zero attached hydrogens (tertiary/aromatic N) is 1. The fourth-order valence-electron chi connectivity index (χ4n) is 0.797.